The predicted octanol–water partition coefficient (Wildman–Crippen LogP) is 1.94. The van der Waals surface area contributed by atoms with Crippen LogP contribution in [0.3, 0.4) is 0 Å². The summed E-state index contributed by atoms with van der Waals surface area (Å²) in [5.74, 6) is 0. The van der Waals surface area contributed by atoms with Gasteiger partial charge in [-0.2, -0.15) is 5.26 Å². The molecular formula is C18H23N3O4. The number of aromatic nitrogens is 1. The van der Waals surface area contributed by atoms with E-state index in [4.69, 9.17) is 14.7 Å². The van der Waals surface area contributed by atoms with Gasteiger partial charge in [-0.05, 0) is 32.9 Å². The van der Waals surface area contributed by atoms with E-state index >= 15 is 0 Å². The van der Waals surface area contributed by atoms with E-state index in [2.05, 4.69) is 4.98 Å². The van der Waals surface area contributed by atoms with Crippen molar-refractivity contribution in [2.75, 3.05) is 13.2 Å². The third-order valence-corrected chi connectivity index (χ3v) is 4.53. The van der Waals surface area contributed by atoms with Crippen molar-refractivity contribution in [1.29, 1.82) is 5.26 Å². The maximum atomic E-state index is 12.6. The first-order valence-corrected chi connectivity index (χ1v) is 8.40. The van der Waals surface area contributed by atoms with Crippen molar-refractivity contribution in [3.63, 3.8) is 0 Å². The molecular weight excluding hydrogens is 322 g/mol. The summed E-state index contributed by atoms with van der Waals surface area (Å²) in [6, 6.07) is 4.80. The minimum Gasteiger partial charge on any atom is -0.444 e. The molecule has 2 unspecified atom stereocenters. The summed E-state index contributed by atoms with van der Waals surface area (Å²) in [5.41, 5.74) is -0.755. The quantitative estimate of drug-likeness (QED) is 0.836. The zero-order valence-electron chi connectivity index (χ0n) is 14.7. The number of morpholine rings is 1. The van der Waals surface area contributed by atoms with E-state index in [0.717, 1.165) is 0 Å². The van der Waals surface area contributed by atoms with Gasteiger partial charge >= 0.3 is 6.09 Å². The Hall–Kier alpha value is -2.17. The molecule has 2 aliphatic heterocycles. The minimum atomic E-state index is -1.15. The minimum absolute atomic E-state index is 0.273. The molecule has 3 heterocycles. The van der Waals surface area contributed by atoms with Crippen molar-refractivity contribution in [3.05, 3.63) is 29.6 Å². The maximum Gasteiger partial charge on any atom is 0.410 e. The number of carbonyl (C=O) groups excluding carboxylic acids is 1. The van der Waals surface area contributed by atoms with E-state index in [1.807, 2.05) is 26.8 Å². The van der Waals surface area contributed by atoms with E-state index < -0.39 is 11.2 Å². The first kappa shape index (κ1) is 17.6. The van der Waals surface area contributed by atoms with Gasteiger partial charge in [-0.1, -0.05) is 0 Å². The number of hydrogen-bond donors (Lipinski definition) is 1. The smallest absolute Gasteiger partial charge is 0.410 e. The van der Waals surface area contributed by atoms with E-state index in [1.165, 1.54) is 6.20 Å². The van der Waals surface area contributed by atoms with Crippen LogP contribution in [-0.4, -0.2) is 52.0 Å². The Labute approximate surface area is 147 Å². The molecule has 3 rings (SSSR count). The number of hydrogen-bond acceptors (Lipinski definition) is 6. The summed E-state index contributed by atoms with van der Waals surface area (Å²) in [4.78, 5) is 18.5. The Kier molecular flexibility index (Phi) is 4.43. The van der Waals surface area contributed by atoms with Crippen LogP contribution in [0.4, 0.5) is 4.79 Å². The van der Waals surface area contributed by atoms with Crippen molar-refractivity contribution < 1.29 is 19.4 Å². The summed E-state index contributed by atoms with van der Waals surface area (Å²) < 4.78 is 11.1. The zero-order valence-corrected chi connectivity index (χ0v) is 14.7. The number of fused-ring (bicyclic) bond motifs is 2. The second-order valence-electron chi connectivity index (χ2n) is 7.72. The van der Waals surface area contributed by atoms with Gasteiger partial charge in [0.25, 0.3) is 0 Å². The Morgan fingerprint density at radius 1 is 1.40 bits per heavy atom. The molecule has 2 fully saturated rings. The number of amides is 1. The second kappa shape index (κ2) is 6.28. The Balaban J connectivity index is 1.83. The van der Waals surface area contributed by atoms with Crippen molar-refractivity contribution in [3.8, 4) is 6.07 Å². The van der Waals surface area contributed by atoms with Crippen LogP contribution >= 0.6 is 0 Å². The lowest BCUT2D eigenvalue weighted by molar-refractivity contribution is -0.142. The fourth-order valence-corrected chi connectivity index (χ4v) is 3.53. The number of aliphatic hydroxyl groups is 1. The summed E-state index contributed by atoms with van der Waals surface area (Å²) >= 11 is 0. The van der Waals surface area contributed by atoms with Gasteiger partial charge in [0.1, 0.15) is 17.3 Å². The highest BCUT2D eigenvalue weighted by atomic mass is 16.6. The van der Waals surface area contributed by atoms with Gasteiger partial charge in [-0.15, -0.1) is 0 Å². The van der Waals surface area contributed by atoms with Crippen LogP contribution in [0.5, 0.6) is 0 Å². The molecule has 1 amide bonds. The lowest BCUT2D eigenvalue weighted by atomic mass is 9.79. The number of rotatable bonds is 1. The normalized spacial score (nSPS) is 29.0. The molecule has 2 aliphatic rings. The Bertz CT molecular complexity index is 676. The largest absolute Gasteiger partial charge is 0.444 e. The highest BCUT2D eigenvalue weighted by molar-refractivity contribution is 5.69. The van der Waals surface area contributed by atoms with Crippen molar-refractivity contribution in [1.82, 2.24) is 9.88 Å². The Morgan fingerprint density at radius 3 is 2.52 bits per heavy atom. The average molecular weight is 345 g/mol. The molecule has 1 N–H and O–H groups in total. The topological polar surface area (TPSA) is 95.7 Å². The zero-order chi connectivity index (χ0) is 18.2. The van der Waals surface area contributed by atoms with Crippen LogP contribution in [0.25, 0.3) is 0 Å². The van der Waals surface area contributed by atoms with Crippen molar-refractivity contribution in [2.45, 2.75) is 56.9 Å². The lowest BCUT2D eigenvalue weighted by Crippen LogP contribution is -2.63. The molecule has 134 valence electrons. The first-order chi connectivity index (χ1) is 11.7. The summed E-state index contributed by atoms with van der Waals surface area (Å²) in [5, 5.41) is 20.1. The number of nitrogens with zero attached hydrogens (tertiary/aromatic N) is 3. The van der Waals surface area contributed by atoms with Gasteiger partial charge in [0, 0.05) is 19.0 Å². The number of carbonyl (C=O) groups is 1. The van der Waals surface area contributed by atoms with Gasteiger partial charge in [-0.25, -0.2) is 4.79 Å². The fourth-order valence-electron chi connectivity index (χ4n) is 3.53. The molecule has 7 heteroatoms. The van der Waals surface area contributed by atoms with Gasteiger partial charge < -0.3 is 14.6 Å². The molecule has 0 aliphatic carbocycles. The van der Waals surface area contributed by atoms with Crippen LogP contribution in [0, 0.1) is 11.3 Å². The molecule has 0 spiro atoms. The molecule has 0 radical (unpaired) electrons. The van der Waals surface area contributed by atoms with Crippen LogP contribution < -0.4 is 0 Å². The molecule has 1 aromatic rings. The van der Waals surface area contributed by atoms with Crippen molar-refractivity contribution >= 4 is 6.09 Å². The fraction of sp³-hybridized carbons (Fsp3) is 0.611. The first-order valence-electron chi connectivity index (χ1n) is 8.40. The van der Waals surface area contributed by atoms with Gasteiger partial charge in [-0.3, -0.25) is 9.88 Å². The highest BCUT2D eigenvalue weighted by Gasteiger charge is 2.50. The second-order valence-corrected chi connectivity index (χ2v) is 7.72. The molecule has 0 saturated carbocycles. The molecule has 2 bridgehead atoms. The van der Waals surface area contributed by atoms with Crippen LogP contribution in [-0.2, 0) is 15.1 Å². The molecule has 2 atom stereocenters. The molecule has 1 aromatic heterocycles. The number of piperidine rings is 1. The molecule has 0 aromatic carbocycles. The predicted molar refractivity (Wildman–Crippen MR) is 88.6 cm³/mol. The van der Waals surface area contributed by atoms with E-state index in [0.29, 0.717) is 37.3 Å². The van der Waals surface area contributed by atoms with E-state index in [-0.39, 0.29) is 18.2 Å². The summed E-state index contributed by atoms with van der Waals surface area (Å²) in [7, 11) is 0. The number of pyridine rings is 1. The monoisotopic (exact) mass is 345 g/mol. The molecule has 7 nitrogen and oxygen atoms in total. The standard InChI is InChI=1S/C18H23N3O4/c1-17(2,3)25-16(22)21-13-6-18(23,7-14(21)11-24-10-13)15-5-4-12(8-19)9-20-15/h4-5,9,13-14,23H,6-7,10-11H2,1-3H3. The molecule has 25 heavy (non-hydrogen) atoms. The van der Waals surface area contributed by atoms with E-state index in [9.17, 15) is 9.90 Å². The van der Waals surface area contributed by atoms with Crippen molar-refractivity contribution in [2.24, 2.45) is 0 Å². The summed E-state index contributed by atoms with van der Waals surface area (Å²) in [6.07, 6.45) is 1.73. The highest BCUT2D eigenvalue weighted by Crippen LogP contribution is 2.40. The van der Waals surface area contributed by atoms with Gasteiger partial charge in [0.2, 0.25) is 0 Å². The van der Waals surface area contributed by atoms with E-state index in [1.54, 1.807) is 17.0 Å². The SMILES string of the molecule is CC(C)(C)OC(=O)N1C2COCC1CC(O)(c1ccc(C#N)cn1)C2. The number of nitriles is 1. The summed E-state index contributed by atoms with van der Waals surface area (Å²) in [6.45, 7) is 6.21. The van der Waals surface area contributed by atoms with Crippen LogP contribution in [0.2, 0.25) is 0 Å². The van der Waals surface area contributed by atoms with Gasteiger partial charge in [0.05, 0.1) is 36.6 Å². The third-order valence-electron chi connectivity index (χ3n) is 4.53. The third kappa shape index (κ3) is 3.60. The molecule has 2 saturated heterocycles. The maximum absolute atomic E-state index is 12.6. The van der Waals surface area contributed by atoms with Crippen LogP contribution in [0.15, 0.2) is 18.3 Å². The average Bonchev–Trinajstić information content (AvgIpc) is 2.52. The Morgan fingerprint density at radius 2 is 2.04 bits per heavy atom. The van der Waals surface area contributed by atoms with Gasteiger partial charge in [0.15, 0.2) is 0 Å². The lowest BCUT2D eigenvalue weighted by Gasteiger charge is -2.51. The number of ether oxygens (including phenoxy) is 2. The van der Waals surface area contributed by atoms with Crippen LogP contribution in [0.1, 0.15) is 44.9 Å².